The van der Waals surface area contributed by atoms with Crippen molar-refractivity contribution < 1.29 is 5.11 Å². The van der Waals surface area contributed by atoms with E-state index in [0.717, 1.165) is 24.0 Å². The minimum atomic E-state index is -0.428. The predicted molar refractivity (Wildman–Crippen MR) is 69.3 cm³/mol. The smallest absolute Gasteiger partial charge is 0.100 e. The van der Waals surface area contributed by atoms with Crippen molar-refractivity contribution in [2.24, 2.45) is 0 Å². The van der Waals surface area contributed by atoms with E-state index in [1.807, 2.05) is 30.3 Å². The van der Waals surface area contributed by atoms with E-state index in [0.29, 0.717) is 0 Å². The second kappa shape index (κ2) is 7.24. The number of aliphatic hydroxyl groups is 1. The predicted octanol–water partition coefficient (Wildman–Crippen LogP) is 4.25. The van der Waals surface area contributed by atoms with Crippen molar-refractivity contribution in [2.45, 2.75) is 45.6 Å². The molecule has 88 valence electrons. The number of aliphatic hydroxyl groups excluding tert-OH is 1. The molecule has 0 heterocycles. The molecule has 0 saturated carbocycles. The van der Waals surface area contributed by atoms with Crippen LogP contribution >= 0.6 is 0 Å². The van der Waals surface area contributed by atoms with E-state index >= 15 is 0 Å². The van der Waals surface area contributed by atoms with Gasteiger partial charge in [0.2, 0.25) is 0 Å². The highest BCUT2D eigenvalue weighted by Crippen LogP contribution is 2.24. The van der Waals surface area contributed by atoms with E-state index < -0.39 is 6.10 Å². The lowest BCUT2D eigenvalue weighted by atomic mass is 9.98. The summed E-state index contributed by atoms with van der Waals surface area (Å²) in [5.41, 5.74) is 2.13. The van der Waals surface area contributed by atoms with Crippen molar-refractivity contribution in [1.29, 1.82) is 0 Å². The van der Waals surface area contributed by atoms with Gasteiger partial charge in [0, 0.05) is 0 Å². The van der Waals surface area contributed by atoms with E-state index in [4.69, 9.17) is 0 Å². The van der Waals surface area contributed by atoms with Crippen molar-refractivity contribution in [3.8, 4) is 0 Å². The summed E-state index contributed by atoms with van der Waals surface area (Å²) in [4.78, 5) is 0. The third-order valence-electron chi connectivity index (χ3n) is 2.84. The summed E-state index contributed by atoms with van der Waals surface area (Å²) >= 11 is 0. The first kappa shape index (κ1) is 13.0. The van der Waals surface area contributed by atoms with Crippen LogP contribution in [0.1, 0.15) is 51.2 Å². The number of hydrogen-bond acceptors (Lipinski definition) is 1. The molecular formula is C15H22O. The zero-order chi connectivity index (χ0) is 11.8. The van der Waals surface area contributed by atoms with E-state index in [1.54, 1.807) is 0 Å². The zero-order valence-electron chi connectivity index (χ0n) is 10.3. The van der Waals surface area contributed by atoms with E-state index in [2.05, 4.69) is 19.9 Å². The van der Waals surface area contributed by atoms with Crippen LogP contribution in [0.5, 0.6) is 0 Å². The lowest BCUT2D eigenvalue weighted by Crippen LogP contribution is -2.00. The Morgan fingerprint density at radius 1 is 1.25 bits per heavy atom. The van der Waals surface area contributed by atoms with Gasteiger partial charge < -0.3 is 5.11 Å². The zero-order valence-corrected chi connectivity index (χ0v) is 10.3. The average molecular weight is 218 g/mol. The third-order valence-corrected chi connectivity index (χ3v) is 2.84. The van der Waals surface area contributed by atoms with Crippen LogP contribution in [0.2, 0.25) is 0 Å². The normalized spacial score (nSPS) is 13.8. The molecule has 1 heteroatoms. The first-order chi connectivity index (χ1) is 7.79. The maximum atomic E-state index is 10.2. The summed E-state index contributed by atoms with van der Waals surface area (Å²) in [7, 11) is 0. The van der Waals surface area contributed by atoms with Crippen LogP contribution < -0.4 is 0 Å². The molecule has 16 heavy (non-hydrogen) atoms. The fraction of sp³-hybridized carbons (Fsp3) is 0.467. The maximum Gasteiger partial charge on any atom is 0.100 e. The number of unbranched alkanes of at least 4 members (excludes halogenated alkanes) is 2. The molecule has 0 saturated heterocycles. The first-order valence-corrected chi connectivity index (χ1v) is 6.21. The van der Waals surface area contributed by atoms with Gasteiger partial charge in [-0.25, -0.2) is 0 Å². The molecule has 0 aliphatic carbocycles. The first-order valence-electron chi connectivity index (χ1n) is 6.21. The molecule has 0 aliphatic rings. The fourth-order valence-corrected chi connectivity index (χ4v) is 1.79. The molecule has 1 atom stereocenters. The molecule has 1 aromatic rings. The largest absolute Gasteiger partial charge is 0.384 e. The number of rotatable bonds is 6. The molecule has 0 spiro atoms. The molecule has 0 aliphatic heterocycles. The lowest BCUT2D eigenvalue weighted by molar-refractivity contribution is 0.211. The highest BCUT2D eigenvalue weighted by atomic mass is 16.3. The van der Waals surface area contributed by atoms with E-state index in [9.17, 15) is 5.11 Å². The minimum absolute atomic E-state index is 0.428. The van der Waals surface area contributed by atoms with Crippen LogP contribution in [0.4, 0.5) is 0 Å². The Morgan fingerprint density at radius 3 is 2.50 bits per heavy atom. The summed E-state index contributed by atoms with van der Waals surface area (Å²) in [6.45, 7) is 4.29. The highest BCUT2D eigenvalue weighted by Gasteiger charge is 2.10. The maximum absolute atomic E-state index is 10.2. The SMILES string of the molecule is CCCC/C=C(/CC)[C@@H](O)c1ccccc1. The Balaban J connectivity index is 2.69. The van der Waals surface area contributed by atoms with Gasteiger partial charge in [-0.1, -0.05) is 63.1 Å². The second-order valence-electron chi connectivity index (χ2n) is 4.09. The standard InChI is InChI=1S/C15H22O/c1-3-5-7-10-13(4-2)15(16)14-11-8-6-9-12-14/h6,8-12,15-16H,3-5,7H2,1-2H3/b13-10-/t15-/m1/s1. The van der Waals surface area contributed by atoms with E-state index in [1.165, 1.54) is 12.8 Å². The topological polar surface area (TPSA) is 20.2 Å². The highest BCUT2D eigenvalue weighted by molar-refractivity contribution is 5.25. The van der Waals surface area contributed by atoms with Crippen LogP contribution in [0, 0.1) is 0 Å². The van der Waals surface area contributed by atoms with Crippen LogP contribution in [0.15, 0.2) is 42.0 Å². The monoisotopic (exact) mass is 218 g/mol. The Labute approximate surface area is 98.8 Å². The van der Waals surface area contributed by atoms with Gasteiger partial charge in [0.15, 0.2) is 0 Å². The Morgan fingerprint density at radius 2 is 1.94 bits per heavy atom. The van der Waals surface area contributed by atoms with Gasteiger partial charge in [-0.05, 0) is 24.0 Å². The van der Waals surface area contributed by atoms with Gasteiger partial charge in [-0.3, -0.25) is 0 Å². The summed E-state index contributed by atoms with van der Waals surface area (Å²) < 4.78 is 0. The third kappa shape index (κ3) is 3.82. The van der Waals surface area contributed by atoms with Crippen molar-refractivity contribution in [3.63, 3.8) is 0 Å². The second-order valence-corrected chi connectivity index (χ2v) is 4.09. The van der Waals surface area contributed by atoms with Crippen LogP contribution in [-0.4, -0.2) is 5.11 Å². The van der Waals surface area contributed by atoms with Crippen LogP contribution in [0.25, 0.3) is 0 Å². The van der Waals surface area contributed by atoms with Gasteiger partial charge in [-0.15, -0.1) is 0 Å². The van der Waals surface area contributed by atoms with Crippen molar-refractivity contribution in [1.82, 2.24) is 0 Å². The molecular weight excluding hydrogens is 196 g/mol. The molecule has 1 aromatic carbocycles. The number of allylic oxidation sites excluding steroid dienone is 1. The molecule has 0 amide bonds. The quantitative estimate of drug-likeness (QED) is 0.559. The molecule has 0 fully saturated rings. The lowest BCUT2D eigenvalue weighted by Gasteiger charge is -2.14. The van der Waals surface area contributed by atoms with Crippen LogP contribution in [-0.2, 0) is 0 Å². The van der Waals surface area contributed by atoms with E-state index in [-0.39, 0.29) is 0 Å². The molecule has 0 unspecified atom stereocenters. The van der Waals surface area contributed by atoms with Crippen molar-refractivity contribution in [2.75, 3.05) is 0 Å². The molecule has 1 nitrogen and oxygen atoms in total. The summed E-state index contributed by atoms with van der Waals surface area (Å²) in [6, 6.07) is 9.88. The van der Waals surface area contributed by atoms with Gasteiger partial charge >= 0.3 is 0 Å². The van der Waals surface area contributed by atoms with Gasteiger partial charge in [-0.2, -0.15) is 0 Å². The minimum Gasteiger partial charge on any atom is -0.384 e. The van der Waals surface area contributed by atoms with Gasteiger partial charge in [0.1, 0.15) is 6.10 Å². The molecule has 0 bridgehead atoms. The number of benzene rings is 1. The van der Waals surface area contributed by atoms with Gasteiger partial charge in [0.25, 0.3) is 0 Å². The van der Waals surface area contributed by atoms with Crippen molar-refractivity contribution >= 4 is 0 Å². The molecule has 1 N–H and O–H groups in total. The Kier molecular flexibility index (Phi) is 5.87. The summed E-state index contributed by atoms with van der Waals surface area (Å²) in [5.74, 6) is 0. The molecule has 0 aromatic heterocycles. The Hall–Kier alpha value is -1.08. The fourth-order valence-electron chi connectivity index (χ4n) is 1.79. The average Bonchev–Trinajstić information content (AvgIpc) is 2.35. The van der Waals surface area contributed by atoms with Crippen molar-refractivity contribution in [3.05, 3.63) is 47.5 Å². The molecule has 1 rings (SSSR count). The van der Waals surface area contributed by atoms with Gasteiger partial charge in [0.05, 0.1) is 0 Å². The summed E-state index contributed by atoms with van der Waals surface area (Å²) in [5, 5.41) is 10.2. The van der Waals surface area contributed by atoms with Crippen LogP contribution in [0.3, 0.4) is 0 Å². The molecule has 0 radical (unpaired) electrons. The summed E-state index contributed by atoms with van der Waals surface area (Å²) in [6.07, 6.45) is 6.16. The number of hydrogen-bond donors (Lipinski definition) is 1. The Bertz CT molecular complexity index is 313.